The maximum Gasteiger partial charge on any atom is 0.438 e. The van der Waals surface area contributed by atoms with Crippen LogP contribution in [0.1, 0.15) is 18.5 Å². The summed E-state index contributed by atoms with van der Waals surface area (Å²) in [5.41, 5.74) is -1.06. The molecular weight excluding hydrogens is 271 g/mol. The van der Waals surface area contributed by atoms with Crippen molar-refractivity contribution in [2.45, 2.75) is 25.1 Å². The number of halogens is 4. The lowest BCUT2D eigenvalue weighted by atomic mass is 10.1. The van der Waals surface area contributed by atoms with Gasteiger partial charge in [0.05, 0.1) is 0 Å². The highest BCUT2D eigenvalue weighted by Crippen LogP contribution is 2.40. The number of aryl methyl sites for hydroxylation is 1. The number of nitrogens with zero attached hydrogens (tertiary/aromatic N) is 2. The summed E-state index contributed by atoms with van der Waals surface area (Å²) in [7, 11) is 1.35. The van der Waals surface area contributed by atoms with E-state index in [0.717, 1.165) is 17.8 Å². The van der Waals surface area contributed by atoms with Crippen LogP contribution in [0.5, 0.6) is 5.75 Å². The van der Waals surface area contributed by atoms with Crippen molar-refractivity contribution < 1.29 is 17.9 Å². The third-order valence-electron chi connectivity index (χ3n) is 2.78. The third-order valence-corrected chi connectivity index (χ3v) is 3.19. The standard InChI is InChI=1S/C10H13ClF3N3O/c1-17-9(11)7(8(16-17)10(12,13)14)18-6-2-4-15-5-3-6/h6,15H,2-5H2,1H3. The number of aromatic nitrogens is 2. The van der Waals surface area contributed by atoms with Crippen molar-refractivity contribution >= 4 is 11.6 Å². The van der Waals surface area contributed by atoms with Gasteiger partial charge in [0.2, 0.25) is 5.69 Å². The zero-order chi connectivity index (χ0) is 13.3. The number of hydrogen-bond donors (Lipinski definition) is 1. The quantitative estimate of drug-likeness (QED) is 0.905. The van der Waals surface area contributed by atoms with E-state index in [1.165, 1.54) is 7.05 Å². The van der Waals surface area contributed by atoms with Crippen LogP contribution in [0, 0.1) is 0 Å². The normalized spacial score (nSPS) is 18.1. The minimum Gasteiger partial charge on any atom is -0.485 e. The molecule has 18 heavy (non-hydrogen) atoms. The van der Waals surface area contributed by atoms with E-state index in [-0.39, 0.29) is 17.0 Å². The molecule has 1 N–H and O–H groups in total. The Morgan fingerprint density at radius 3 is 2.56 bits per heavy atom. The van der Waals surface area contributed by atoms with E-state index in [9.17, 15) is 13.2 Å². The van der Waals surface area contributed by atoms with Gasteiger partial charge in [-0.05, 0) is 25.9 Å². The summed E-state index contributed by atoms with van der Waals surface area (Å²) in [5, 5.41) is 6.35. The fourth-order valence-corrected chi connectivity index (χ4v) is 2.03. The average molecular weight is 284 g/mol. The number of alkyl halides is 3. The zero-order valence-corrected chi connectivity index (χ0v) is 10.5. The van der Waals surface area contributed by atoms with Gasteiger partial charge in [-0.15, -0.1) is 0 Å². The Morgan fingerprint density at radius 2 is 2.00 bits per heavy atom. The molecule has 1 saturated heterocycles. The fourth-order valence-electron chi connectivity index (χ4n) is 1.85. The second-order valence-corrected chi connectivity index (χ2v) is 4.52. The van der Waals surface area contributed by atoms with Gasteiger partial charge in [-0.1, -0.05) is 11.6 Å². The Hall–Kier alpha value is -0.950. The van der Waals surface area contributed by atoms with Crippen LogP contribution in [0.3, 0.4) is 0 Å². The zero-order valence-electron chi connectivity index (χ0n) is 9.72. The van der Waals surface area contributed by atoms with Crippen molar-refractivity contribution in [1.82, 2.24) is 15.1 Å². The molecule has 1 aromatic rings. The molecule has 0 aliphatic carbocycles. The Kier molecular flexibility index (Phi) is 3.72. The van der Waals surface area contributed by atoms with Gasteiger partial charge in [-0.25, -0.2) is 0 Å². The Balaban J connectivity index is 2.25. The minimum absolute atomic E-state index is 0.124. The van der Waals surface area contributed by atoms with E-state index < -0.39 is 11.9 Å². The molecule has 102 valence electrons. The number of hydrogen-bond acceptors (Lipinski definition) is 3. The second kappa shape index (κ2) is 4.97. The Labute approximate surface area is 107 Å². The predicted molar refractivity (Wildman–Crippen MR) is 59.7 cm³/mol. The first kappa shape index (κ1) is 13.5. The van der Waals surface area contributed by atoms with Gasteiger partial charge < -0.3 is 10.1 Å². The molecule has 0 aromatic carbocycles. The van der Waals surface area contributed by atoms with Crippen LogP contribution in [-0.2, 0) is 13.2 Å². The van der Waals surface area contributed by atoms with Gasteiger partial charge in [-0.2, -0.15) is 18.3 Å². The molecule has 8 heteroatoms. The molecule has 1 aliphatic rings. The van der Waals surface area contributed by atoms with E-state index in [4.69, 9.17) is 16.3 Å². The number of rotatable bonds is 2. The van der Waals surface area contributed by atoms with Crippen LogP contribution in [0.2, 0.25) is 5.15 Å². The molecule has 0 spiro atoms. The van der Waals surface area contributed by atoms with E-state index in [0.29, 0.717) is 12.8 Å². The van der Waals surface area contributed by atoms with Crippen LogP contribution in [0.4, 0.5) is 13.2 Å². The van der Waals surface area contributed by atoms with Crippen LogP contribution >= 0.6 is 11.6 Å². The molecule has 1 fully saturated rings. The maximum absolute atomic E-state index is 12.8. The molecule has 0 bridgehead atoms. The summed E-state index contributed by atoms with van der Waals surface area (Å²) < 4.78 is 44.7. The molecule has 1 aliphatic heterocycles. The van der Waals surface area contributed by atoms with Crippen LogP contribution < -0.4 is 10.1 Å². The number of ether oxygens (including phenoxy) is 1. The summed E-state index contributed by atoms with van der Waals surface area (Å²) in [6, 6.07) is 0. The lowest BCUT2D eigenvalue weighted by Crippen LogP contribution is -2.34. The van der Waals surface area contributed by atoms with Gasteiger partial charge in [0, 0.05) is 7.05 Å². The Morgan fingerprint density at radius 1 is 1.39 bits per heavy atom. The van der Waals surface area contributed by atoms with Gasteiger partial charge >= 0.3 is 6.18 Å². The van der Waals surface area contributed by atoms with E-state index in [1.807, 2.05) is 0 Å². The minimum atomic E-state index is -4.56. The van der Waals surface area contributed by atoms with Gasteiger partial charge in [0.15, 0.2) is 10.9 Å². The molecule has 2 heterocycles. The highest BCUT2D eigenvalue weighted by molar-refractivity contribution is 6.31. The van der Waals surface area contributed by atoms with Crippen molar-refractivity contribution in [3.63, 3.8) is 0 Å². The number of nitrogens with one attached hydrogen (secondary N) is 1. The van der Waals surface area contributed by atoms with Crippen LogP contribution in [0.15, 0.2) is 0 Å². The molecule has 0 atom stereocenters. The smallest absolute Gasteiger partial charge is 0.438 e. The first-order valence-corrected chi connectivity index (χ1v) is 5.94. The van der Waals surface area contributed by atoms with Crippen molar-refractivity contribution in [3.05, 3.63) is 10.8 Å². The molecule has 4 nitrogen and oxygen atoms in total. The molecule has 2 rings (SSSR count). The molecular formula is C10H13ClF3N3O. The topological polar surface area (TPSA) is 39.1 Å². The maximum atomic E-state index is 12.8. The largest absolute Gasteiger partial charge is 0.485 e. The van der Waals surface area contributed by atoms with Crippen molar-refractivity contribution in [2.24, 2.45) is 7.05 Å². The summed E-state index contributed by atoms with van der Waals surface area (Å²) in [6.07, 6.45) is -3.51. The van der Waals surface area contributed by atoms with E-state index in [1.54, 1.807) is 0 Å². The van der Waals surface area contributed by atoms with E-state index in [2.05, 4.69) is 10.4 Å². The Bertz CT molecular complexity index is 427. The van der Waals surface area contributed by atoms with Crippen LogP contribution in [-0.4, -0.2) is 29.0 Å². The predicted octanol–water partition coefficient (Wildman–Crippen LogP) is 2.22. The second-order valence-electron chi connectivity index (χ2n) is 4.16. The van der Waals surface area contributed by atoms with Gasteiger partial charge in [0.1, 0.15) is 6.10 Å². The number of piperidine rings is 1. The lowest BCUT2D eigenvalue weighted by molar-refractivity contribution is -0.143. The summed E-state index contributed by atoms with van der Waals surface area (Å²) in [5.74, 6) is -0.362. The summed E-state index contributed by atoms with van der Waals surface area (Å²) >= 11 is 5.80. The molecule has 1 aromatic heterocycles. The lowest BCUT2D eigenvalue weighted by Gasteiger charge is -2.24. The SMILES string of the molecule is Cn1nc(C(F)(F)F)c(OC2CCNCC2)c1Cl. The highest BCUT2D eigenvalue weighted by atomic mass is 35.5. The van der Waals surface area contributed by atoms with Gasteiger partial charge in [0.25, 0.3) is 0 Å². The summed E-state index contributed by atoms with van der Waals surface area (Å²) in [6.45, 7) is 1.45. The third kappa shape index (κ3) is 2.72. The van der Waals surface area contributed by atoms with Gasteiger partial charge in [-0.3, -0.25) is 4.68 Å². The molecule has 0 unspecified atom stereocenters. The van der Waals surface area contributed by atoms with Crippen LogP contribution in [0.25, 0.3) is 0 Å². The molecule has 0 amide bonds. The molecule has 0 saturated carbocycles. The highest BCUT2D eigenvalue weighted by Gasteiger charge is 2.40. The van der Waals surface area contributed by atoms with E-state index >= 15 is 0 Å². The first-order valence-electron chi connectivity index (χ1n) is 5.56. The fraction of sp³-hybridized carbons (Fsp3) is 0.700. The summed E-state index contributed by atoms with van der Waals surface area (Å²) in [4.78, 5) is 0. The van der Waals surface area contributed by atoms with Crippen molar-refractivity contribution in [2.75, 3.05) is 13.1 Å². The average Bonchev–Trinajstić information content (AvgIpc) is 2.58. The van der Waals surface area contributed by atoms with Crippen molar-refractivity contribution in [1.29, 1.82) is 0 Å². The molecule has 0 radical (unpaired) electrons. The van der Waals surface area contributed by atoms with Crippen molar-refractivity contribution in [3.8, 4) is 5.75 Å². The first-order chi connectivity index (χ1) is 8.39. The monoisotopic (exact) mass is 283 g/mol.